The molecule has 230 valence electrons. The van der Waals surface area contributed by atoms with Gasteiger partial charge in [-0.2, -0.15) is 0 Å². The van der Waals surface area contributed by atoms with Crippen molar-refractivity contribution in [3.8, 4) is 0 Å². The van der Waals surface area contributed by atoms with E-state index in [2.05, 4.69) is 41.3 Å². The Bertz CT molecular complexity index is 1190. The van der Waals surface area contributed by atoms with Gasteiger partial charge in [-0.1, -0.05) is 23.4 Å². The van der Waals surface area contributed by atoms with Crippen molar-refractivity contribution in [3.05, 3.63) is 22.1 Å². The molecular formula is C25H37BrN4O9S2. The molecule has 0 aliphatic rings. The van der Waals surface area contributed by atoms with Crippen molar-refractivity contribution in [2.45, 2.75) is 78.8 Å². The molecule has 41 heavy (non-hydrogen) atoms. The molecule has 2 rings (SSSR count). The maximum atomic E-state index is 11.6. The highest BCUT2D eigenvalue weighted by atomic mass is 79.9. The number of halogens is 1. The molecule has 16 heteroatoms. The molecule has 2 N–H and O–H groups in total. The fourth-order valence-electron chi connectivity index (χ4n) is 2.31. The summed E-state index contributed by atoms with van der Waals surface area (Å²) in [5.74, 6) is -2.23. The van der Waals surface area contributed by atoms with Gasteiger partial charge < -0.3 is 18.9 Å². The number of ether oxygens (including phenoxy) is 4. The SMILES string of the molecule is C.CCOC(=O)C(=O)c1csc(NC(=O)OC(C)(C)C)n1.CCOC(=O)C(Br)c1csc(NC(=O)OC(C)(C)C)n1. The first-order chi connectivity index (χ1) is 18.5. The summed E-state index contributed by atoms with van der Waals surface area (Å²) in [5, 5.41) is 8.48. The van der Waals surface area contributed by atoms with Crippen LogP contribution in [0.3, 0.4) is 0 Å². The Labute approximate surface area is 255 Å². The minimum absolute atomic E-state index is 0. The molecule has 2 aromatic heterocycles. The van der Waals surface area contributed by atoms with Crippen molar-refractivity contribution in [1.29, 1.82) is 0 Å². The summed E-state index contributed by atoms with van der Waals surface area (Å²) < 4.78 is 19.6. The third-order valence-electron chi connectivity index (χ3n) is 3.69. The van der Waals surface area contributed by atoms with Crippen molar-refractivity contribution < 1.29 is 42.9 Å². The number of amides is 2. The molecule has 0 radical (unpaired) electrons. The van der Waals surface area contributed by atoms with Crippen molar-refractivity contribution >= 4 is 78.8 Å². The van der Waals surface area contributed by atoms with Gasteiger partial charge >= 0.3 is 24.1 Å². The van der Waals surface area contributed by atoms with Crippen LogP contribution in [0.5, 0.6) is 0 Å². The van der Waals surface area contributed by atoms with Gasteiger partial charge in [0.15, 0.2) is 15.1 Å². The highest BCUT2D eigenvalue weighted by Gasteiger charge is 2.24. The van der Waals surface area contributed by atoms with Crippen LogP contribution in [0.15, 0.2) is 10.8 Å². The van der Waals surface area contributed by atoms with Crippen LogP contribution in [0.4, 0.5) is 19.9 Å². The lowest BCUT2D eigenvalue weighted by Crippen LogP contribution is -2.27. The molecule has 0 aromatic carbocycles. The van der Waals surface area contributed by atoms with E-state index in [1.54, 1.807) is 60.8 Å². The maximum Gasteiger partial charge on any atom is 0.413 e. The number of anilines is 2. The predicted molar refractivity (Wildman–Crippen MR) is 160 cm³/mol. The molecule has 0 aliphatic heterocycles. The lowest BCUT2D eigenvalue weighted by atomic mass is 10.2. The number of hydrogen-bond donors (Lipinski definition) is 2. The lowest BCUT2D eigenvalue weighted by molar-refractivity contribution is -0.142. The highest BCUT2D eigenvalue weighted by Crippen LogP contribution is 2.28. The Morgan fingerprint density at radius 2 is 1.29 bits per heavy atom. The third-order valence-corrected chi connectivity index (χ3v) is 6.07. The number of rotatable bonds is 8. The molecule has 0 saturated heterocycles. The van der Waals surface area contributed by atoms with E-state index in [1.807, 2.05) is 0 Å². The summed E-state index contributed by atoms with van der Waals surface area (Å²) in [6, 6.07) is 0. The van der Waals surface area contributed by atoms with Gasteiger partial charge in [0.05, 0.1) is 18.9 Å². The van der Waals surface area contributed by atoms with Crippen molar-refractivity contribution in [2.75, 3.05) is 23.8 Å². The smallest absolute Gasteiger partial charge is 0.413 e. The minimum Gasteiger partial charge on any atom is -0.465 e. The first kappa shape index (κ1) is 37.9. The molecule has 1 atom stereocenters. The minimum atomic E-state index is -0.971. The molecule has 2 amide bonds. The summed E-state index contributed by atoms with van der Waals surface area (Å²) in [4.78, 5) is 64.8. The van der Waals surface area contributed by atoms with Crippen LogP contribution in [0.2, 0.25) is 0 Å². The summed E-state index contributed by atoms with van der Waals surface area (Å²) in [7, 11) is 0. The van der Waals surface area contributed by atoms with E-state index in [4.69, 9.17) is 14.2 Å². The Balaban J connectivity index is 0.000000762. The zero-order valence-electron chi connectivity index (χ0n) is 23.4. The summed E-state index contributed by atoms with van der Waals surface area (Å²) in [6.07, 6.45) is -1.26. The number of Topliss-reactive ketones (excluding diaryl/α,β-unsaturated/α-hetero) is 1. The Morgan fingerprint density at radius 1 is 0.829 bits per heavy atom. The molecule has 0 spiro atoms. The van der Waals surface area contributed by atoms with E-state index in [0.29, 0.717) is 17.4 Å². The van der Waals surface area contributed by atoms with Gasteiger partial charge in [-0.05, 0) is 55.4 Å². The van der Waals surface area contributed by atoms with E-state index >= 15 is 0 Å². The molecule has 0 aliphatic carbocycles. The number of thiazole rings is 2. The highest BCUT2D eigenvalue weighted by molar-refractivity contribution is 9.09. The standard InChI is InChI=1S/C12H17BrN2O4S.C12H16N2O5S.CH4/c1-5-18-9(16)8(13)7-6-20-10(14-7)15-11(17)19-12(2,3)4;1-5-18-9(16)8(15)7-6-20-10(13-7)14-11(17)19-12(2,3)4;/h6,8H,5H2,1-4H3,(H,14,15,17);6H,5H2,1-4H3,(H,13,14,17);1H4. The van der Waals surface area contributed by atoms with Crippen LogP contribution in [0, 0.1) is 0 Å². The summed E-state index contributed by atoms with van der Waals surface area (Å²) in [5.41, 5.74) is -0.795. The van der Waals surface area contributed by atoms with Gasteiger partial charge in [0, 0.05) is 10.8 Å². The number of carbonyl (C=O) groups is 5. The number of hydrogen-bond acceptors (Lipinski definition) is 13. The van der Waals surface area contributed by atoms with Gasteiger partial charge in [-0.25, -0.2) is 24.4 Å². The predicted octanol–water partition coefficient (Wildman–Crippen LogP) is 6.36. The first-order valence-corrected chi connectivity index (χ1v) is 14.6. The lowest BCUT2D eigenvalue weighted by Gasteiger charge is -2.18. The van der Waals surface area contributed by atoms with E-state index in [0.717, 1.165) is 11.3 Å². The Kier molecular flexibility index (Phi) is 15.7. The molecule has 0 bridgehead atoms. The zero-order valence-corrected chi connectivity index (χ0v) is 26.6. The number of aromatic nitrogens is 2. The third kappa shape index (κ3) is 14.9. The average molecular weight is 682 g/mol. The number of alkyl halides is 1. The molecular weight excluding hydrogens is 644 g/mol. The van der Waals surface area contributed by atoms with Crippen molar-refractivity contribution in [1.82, 2.24) is 9.97 Å². The molecule has 13 nitrogen and oxygen atoms in total. The number of nitrogens with one attached hydrogen (secondary N) is 2. The van der Waals surface area contributed by atoms with Gasteiger partial charge in [-0.15, -0.1) is 22.7 Å². The number of nitrogens with zero attached hydrogens (tertiary/aromatic N) is 2. The monoisotopic (exact) mass is 680 g/mol. The quantitative estimate of drug-likeness (QED) is 0.104. The molecule has 1 unspecified atom stereocenters. The first-order valence-electron chi connectivity index (χ1n) is 11.9. The molecule has 2 aromatic rings. The largest absolute Gasteiger partial charge is 0.465 e. The maximum absolute atomic E-state index is 11.6. The zero-order chi connectivity index (χ0) is 30.7. The van der Waals surface area contributed by atoms with E-state index in [9.17, 15) is 24.0 Å². The van der Waals surface area contributed by atoms with E-state index < -0.39 is 45.9 Å². The molecule has 0 fully saturated rings. The van der Waals surface area contributed by atoms with Crippen LogP contribution in [0.1, 0.15) is 83.8 Å². The second-order valence-corrected chi connectivity index (χ2v) is 12.2. The Hall–Kier alpha value is -3.11. The van der Waals surface area contributed by atoms with Gasteiger partial charge in [0.25, 0.3) is 5.78 Å². The topological polar surface area (TPSA) is 172 Å². The molecule has 0 saturated carbocycles. The Morgan fingerprint density at radius 3 is 1.76 bits per heavy atom. The fraction of sp³-hybridized carbons (Fsp3) is 0.560. The van der Waals surface area contributed by atoms with Crippen molar-refractivity contribution in [3.63, 3.8) is 0 Å². The summed E-state index contributed by atoms with van der Waals surface area (Å²) >= 11 is 5.43. The molecule has 2 heterocycles. The van der Waals surface area contributed by atoms with Crippen LogP contribution in [0.25, 0.3) is 0 Å². The van der Waals surface area contributed by atoms with Gasteiger partial charge in [-0.3, -0.25) is 20.2 Å². The van der Waals surface area contributed by atoms with Gasteiger partial charge in [0.1, 0.15) is 16.9 Å². The second kappa shape index (κ2) is 17.0. The van der Waals surface area contributed by atoms with E-state index in [-0.39, 0.29) is 24.9 Å². The second-order valence-electron chi connectivity index (χ2n) is 9.53. The van der Waals surface area contributed by atoms with Gasteiger partial charge in [0.2, 0.25) is 0 Å². The van der Waals surface area contributed by atoms with Crippen LogP contribution in [-0.2, 0) is 28.5 Å². The normalized spacial score (nSPS) is 11.4. The fourth-order valence-corrected chi connectivity index (χ4v) is 4.25. The van der Waals surface area contributed by atoms with Crippen LogP contribution in [-0.4, -0.2) is 64.3 Å². The average Bonchev–Trinajstić information content (AvgIpc) is 3.46. The number of carbonyl (C=O) groups excluding carboxylic acids is 5. The number of ketones is 1. The van der Waals surface area contributed by atoms with E-state index in [1.165, 1.54) is 16.7 Å². The number of esters is 2. The van der Waals surface area contributed by atoms with Crippen LogP contribution >= 0.6 is 38.6 Å². The van der Waals surface area contributed by atoms with Crippen molar-refractivity contribution in [2.24, 2.45) is 0 Å². The summed E-state index contributed by atoms with van der Waals surface area (Å²) in [6.45, 7) is 14.2. The van der Waals surface area contributed by atoms with Crippen LogP contribution < -0.4 is 10.6 Å².